The van der Waals surface area contributed by atoms with Crippen molar-refractivity contribution in [3.05, 3.63) is 17.6 Å². The Hall–Kier alpha value is -1.12. The average Bonchev–Trinajstić information content (AvgIpc) is 3.01. The summed E-state index contributed by atoms with van der Waals surface area (Å²) in [6.45, 7) is 9.63. The Balaban J connectivity index is 1.97. The molecule has 1 aliphatic rings. The summed E-state index contributed by atoms with van der Waals surface area (Å²) in [5.41, 5.74) is 2.54. The number of rotatable bonds is 4. The van der Waals surface area contributed by atoms with Gasteiger partial charge in [-0.05, 0) is 38.0 Å². The average molecular weight is 219 g/mol. The second-order valence-electron chi connectivity index (χ2n) is 5.30. The largest absolute Gasteiger partial charge is 0.368 e. The van der Waals surface area contributed by atoms with Crippen molar-refractivity contribution >= 4 is 5.82 Å². The molecule has 2 rings (SSSR count). The molecule has 1 N–H and O–H groups in total. The van der Waals surface area contributed by atoms with E-state index in [2.05, 4.69) is 29.1 Å². The molecule has 0 aliphatic heterocycles. The lowest BCUT2D eigenvalue weighted by atomic mass is 9.92. The first-order valence-corrected chi connectivity index (χ1v) is 6.08. The molecule has 0 radical (unpaired) electrons. The first kappa shape index (κ1) is 11.4. The van der Waals surface area contributed by atoms with E-state index in [0.29, 0.717) is 5.41 Å². The van der Waals surface area contributed by atoms with E-state index in [4.69, 9.17) is 0 Å². The molecule has 88 valence electrons. The molecule has 1 saturated carbocycles. The highest BCUT2D eigenvalue weighted by atomic mass is 15.0. The molecule has 16 heavy (non-hydrogen) atoms. The lowest BCUT2D eigenvalue weighted by molar-refractivity contribution is 0.380. The molecule has 1 heterocycles. The van der Waals surface area contributed by atoms with E-state index in [0.717, 1.165) is 29.7 Å². The molecule has 0 unspecified atom stereocenters. The van der Waals surface area contributed by atoms with Crippen LogP contribution in [-0.4, -0.2) is 16.5 Å². The summed E-state index contributed by atoms with van der Waals surface area (Å²) in [6.07, 6.45) is 4.52. The molecule has 0 aromatic carbocycles. The fourth-order valence-electron chi connectivity index (χ4n) is 2.01. The normalized spacial score (nSPS) is 17.6. The first-order chi connectivity index (χ1) is 7.53. The van der Waals surface area contributed by atoms with Crippen LogP contribution in [0.2, 0.25) is 0 Å². The highest BCUT2D eigenvalue weighted by molar-refractivity contribution is 5.34. The van der Waals surface area contributed by atoms with E-state index in [1.54, 1.807) is 0 Å². The Morgan fingerprint density at radius 2 is 2.00 bits per heavy atom. The van der Waals surface area contributed by atoms with Gasteiger partial charge in [-0.1, -0.05) is 13.8 Å². The van der Waals surface area contributed by atoms with Gasteiger partial charge in [0.2, 0.25) is 0 Å². The van der Waals surface area contributed by atoms with Gasteiger partial charge in [-0.15, -0.1) is 0 Å². The number of hydrogen-bond acceptors (Lipinski definition) is 3. The van der Waals surface area contributed by atoms with Gasteiger partial charge in [-0.3, -0.25) is 4.98 Å². The van der Waals surface area contributed by atoms with Gasteiger partial charge in [0.05, 0.1) is 17.6 Å². The van der Waals surface area contributed by atoms with Gasteiger partial charge in [-0.25, -0.2) is 4.98 Å². The minimum atomic E-state index is 0.514. The Morgan fingerprint density at radius 1 is 1.31 bits per heavy atom. The van der Waals surface area contributed by atoms with Gasteiger partial charge < -0.3 is 5.32 Å². The zero-order valence-electron chi connectivity index (χ0n) is 10.7. The first-order valence-electron chi connectivity index (χ1n) is 6.08. The zero-order valence-corrected chi connectivity index (χ0v) is 10.7. The third-order valence-corrected chi connectivity index (χ3v) is 3.93. The van der Waals surface area contributed by atoms with Gasteiger partial charge in [0.15, 0.2) is 0 Å². The molecule has 3 nitrogen and oxygen atoms in total. The predicted molar refractivity (Wildman–Crippen MR) is 66.5 cm³/mol. The second kappa shape index (κ2) is 4.04. The maximum atomic E-state index is 4.49. The maximum Gasteiger partial charge on any atom is 0.144 e. The molecule has 0 amide bonds. The van der Waals surface area contributed by atoms with Crippen LogP contribution >= 0.6 is 0 Å². The van der Waals surface area contributed by atoms with Gasteiger partial charge in [0, 0.05) is 6.54 Å². The van der Waals surface area contributed by atoms with Crippen LogP contribution in [0.15, 0.2) is 6.20 Å². The van der Waals surface area contributed by atoms with Crippen molar-refractivity contribution in [3.63, 3.8) is 0 Å². The van der Waals surface area contributed by atoms with Gasteiger partial charge in [-0.2, -0.15) is 0 Å². The fraction of sp³-hybridized carbons (Fsp3) is 0.692. The highest BCUT2D eigenvalue weighted by Crippen LogP contribution is 2.51. The number of anilines is 1. The number of aromatic nitrogens is 2. The van der Waals surface area contributed by atoms with Gasteiger partial charge in [0.1, 0.15) is 5.82 Å². The van der Waals surface area contributed by atoms with Crippen LogP contribution in [0, 0.1) is 25.2 Å². The fourth-order valence-corrected chi connectivity index (χ4v) is 2.01. The van der Waals surface area contributed by atoms with Crippen LogP contribution in [0.1, 0.15) is 38.1 Å². The molecule has 1 aliphatic carbocycles. The highest BCUT2D eigenvalue weighted by Gasteiger charge is 2.44. The molecule has 0 atom stereocenters. The lowest BCUT2D eigenvalue weighted by Gasteiger charge is -2.20. The molecule has 0 saturated heterocycles. The summed E-state index contributed by atoms with van der Waals surface area (Å²) in [5, 5.41) is 3.42. The van der Waals surface area contributed by atoms with E-state index < -0.39 is 0 Å². The third kappa shape index (κ3) is 2.18. The summed E-state index contributed by atoms with van der Waals surface area (Å²) >= 11 is 0. The Bertz CT molecular complexity index is 381. The number of nitrogens with one attached hydrogen (secondary N) is 1. The number of nitrogens with zero attached hydrogens (tertiary/aromatic N) is 2. The molecular formula is C13H21N3. The summed E-state index contributed by atoms with van der Waals surface area (Å²) in [4.78, 5) is 8.81. The van der Waals surface area contributed by atoms with E-state index in [9.17, 15) is 0 Å². The predicted octanol–water partition coefficient (Wildman–Crippen LogP) is 2.94. The maximum absolute atomic E-state index is 4.49. The van der Waals surface area contributed by atoms with Crippen molar-refractivity contribution in [2.75, 3.05) is 11.9 Å². The van der Waals surface area contributed by atoms with Gasteiger partial charge >= 0.3 is 0 Å². The van der Waals surface area contributed by atoms with Crippen molar-refractivity contribution in [3.8, 4) is 0 Å². The van der Waals surface area contributed by atoms with Crippen LogP contribution in [-0.2, 0) is 0 Å². The topological polar surface area (TPSA) is 37.8 Å². The SMILES string of the molecule is Cc1ncc(NCC2(C(C)C)CC2)nc1C. The van der Waals surface area contributed by atoms with Crippen LogP contribution < -0.4 is 5.32 Å². The van der Waals surface area contributed by atoms with Gasteiger partial charge in [0.25, 0.3) is 0 Å². The summed E-state index contributed by atoms with van der Waals surface area (Å²) in [7, 11) is 0. The Morgan fingerprint density at radius 3 is 2.50 bits per heavy atom. The second-order valence-corrected chi connectivity index (χ2v) is 5.30. The van der Waals surface area contributed by atoms with Crippen LogP contribution in [0.5, 0.6) is 0 Å². The minimum absolute atomic E-state index is 0.514. The molecule has 1 fully saturated rings. The van der Waals surface area contributed by atoms with Crippen molar-refractivity contribution in [1.82, 2.24) is 9.97 Å². The van der Waals surface area contributed by atoms with Crippen LogP contribution in [0.4, 0.5) is 5.82 Å². The molecule has 0 bridgehead atoms. The monoisotopic (exact) mass is 219 g/mol. The van der Waals surface area contributed by atoms with E-state index in [1.807, 2.05) is 20.0 Å². The van der Waals surface area contributed by atoms with Crippen molar-refractivity contribution < 1.29 is 0 Å². The minimum Gasteiger partial charge on any atom is -0.368 e. The summed E-state index contributed by atoms with van der Waals surface area (Å²) in [5.74, 6) is 1.66. The molecule has 1 aromatic rings. The molecule has 3 heteroatoms. The molecular weight excluding hydrogens is 198 g/mol. The van der Waals surface area contributed by atoms with E-state index in [1.165, 1.54) is 12.8 Å². The van der Waals surface area contributed by atoms with Crippen molar-refractivity contribution in [1.29, 1.82) is 0 Å². The van der Waals surface area contributed by atoms with Crippen molar-refractivity contribution in [2.24, 2.45) is 11.3 Å². The van der Waals surface area contributed by atoms with E-state index in [-0.39, 0.29) is 0 Å². The standard InChI is InChI=1S/C13H21N3/c1-9(2)13(5-6-13)8-15-12-7-14-10(3)11(4)16-12/h7,9H,5-6,8H2,1-4H3,(H,15,16). The lowest BCUT2D eigenvalue weighted by Crippen LogP contribution is -2.21. The van der Waals surface area contributed by atoms with Crippen molar-refractivity contribution in [2.45, 2.75) is 40.5 Å². The summed E-state index contributed by atoms with van der Waals surface area (Å²) < 4.78 is 0. The van der Waals surface area contributed by atoms with Crippen LogP contribution in [0.25, 0.3) is 0 Å². The smallest absolute Gasteiger partial charge is 0.144 e. The zero-order chi connectivity index (χ0) is 11.8. The number of hydrogen-bond donors (Lipinski definition) is 1. The number of aryl methyl sites for hydroxylation is 2. The Labute approximate surface area is 97.7 Å². The Kier molecular flexibility index (Phi) is 2.87. The molecule has 0 spiro atoms. The summed E-state index contributed by atoms with van der Waals surface area (Å²) in [6, 6.07) is 0. The third-order valence-electron chi connectivity index (χ3n) is 3.93. The van der Waals surface area contributed by atoms with Crippen LogP contribution in [0.3, 0.4) is 0 Å². The van der Waals surface area contributed by atoms with E-state index >= 15 is 0 Å². The quantitative estimate of drug-likeness (QED) is 0.846. The molecule has 1 aromatic heterocycles.